The van der Waals surface area contributed by atoms with Crippen LogP contribution in [0.2, 0.25) is 0 Å². The van der Waals surface area contributed by atoms with Crippen molar-refractivity contribution in [1.82, 2.24) is 9.97 Å². The summed E-state index contributed by atoms with van der Waals surface area (Å²) in [4.78, 5) is 7.66. The van der Waals surface area contributed by atoms with Gasteiger partial charge in [-0.2, -0.15) is 0 Å². The van der Waals surface area contributed by atoms with Crippen LogP contribution in [0.25, 0.3) is 0 Å². The first-order valence-corrected chi connectivity index (χ1v) is 4.52. The fourth-order valence-corrected chi connectivity index (χ4v) is 1.34. The van der Waals surface area contributed by atoms with Crippen molar-refractivity contribution in [2.75, 3.05) is 13.2 Å². The van der Waals surface area contributed by atoms with E-state index in [0.29, 0.717) is 25.2 Å². The molecule has 2 heterocycles. The second-order valence-electron chi connectivity index (χ2n) is 3.09. The Bertz CT molecular complexity index is 275. The Labute approximate surface area is 81.7 Å². The molecular formula is C9H12N2O3. The van der Waals surface area contributed by atoms with Gasteiger partial charge in [0.2, 0.25) is 0 Å². The molecular weight excluding hydrogens is 184 g/mol. The van der Waals surface area contributed by atoms with E-state index in [2.05, 4.69) is 9.97 Å². The van der Waals surface area contributed by atoms with E-state index in [1.54, 1.807) is 12.4 Å². The van der Waals surface area contributed by atoms with Crippen molar-refractivity contribution in [2.45, 2.75) is 18.8 Å². The lowest BCUT2D eigenvalue weighted by molar-refractivity contribution is -0.0708. The number of hydrogen-bond acceptors (Lipinski definition) is 5. The summed E-state index contributed by atoms with van der Waals surface area (Å²) in [6.07, 6.45) is 4.11. The lowest BCUT2D eigenvalue weighted by atomic mass is 10.1. The Morgan fingerprint density at radius 2 is 2.00 bits per heavy atom. The molecule has 0 amide bonds. The number of aliphatic hydroxyl groups excluding tert-OH is 1. The predicted molar refractivity (Wildman–Crippen MR) is 47.3 cm³/mol. The summed E-state index contributed by atoms with van der Waals surface area (Å²) >= 11 is 0. The highest BCUT2D eigenvalue weighted by Gasteiger charge is 2.21. The first-order chi connectivity index (χ1) is 6.86. The zero-order valence-corrected chi connectivity index (χ0v) is 7.67. The molecule has 1 atom stereocenters. The molecule has 14 heavy (non-hydrogen) atoms. The van der Waals surface area contributed by atoms with Crippen LogP contribution in [0.4, 0.5) is 0 Å². The molecule has 2 rings (SSSR count). The van der Waals surface area contributed by atoms with Crippen LogP contribution in [0.3, 0.4) is 0 Å². The van der Waals surface area contributed by atoms with Crippen LogP contribution in [0.1, 0.15) is 18.1 Å². The third-order valence-corrected chi connectivity index (χ3v) is 2.07. The predicted octanol–water partition coefficient (Wildman–Crippen LogP) is 0.273. The van der Waals surface area contributed by atoms with E-state index in [1.807, 2.05) is 0 Å². The molecule has 1 fully saturated rings. The van der Waals surface area contributed by atoms with E-state index in [4.69, 9.17) is 9.47 Å². The van der Waals surface area contributed by atoms with Crippen molar-refractivity contribution in [3.8, 4) is 0 Å². The van der Waals surface area contributed by atoms with E-state index in [0.717, 1.165) is 0 Å². The largest absolute Gasteiger partial charge is 0.388 e. The molecule has 0 aliphatic carbocycles. The molecule has 76 valence electrons. The first kappa shape index (κ1) is 9.51. The maximum Gasteiger partial charge on any atom is 0.160 e. The minimum Gasteiger partial charge on any atom is -0.388 e. The average Bonchev–Trinajstić information content (AvgIpc) is 2.72. The molecule has 5 heteroatoms. The molecule has 0 aromatic carbocycles. The third-order valence-electron chi connectivity index (χ3n) is 2.07. The van der Waals surface area contributed by atoms with Gasteiger partial charge < -0.3 is 14.6 Å². The molecule has 0 saturated carbocycles. The Morgan fingerprint density at radius 3 is 2.64 bits per heavy atom. The van der Waals surface area contributed by atoms with Gasteiger partial charge in [-0.3, -0.25) is 0 Å². The van der Waals surface area contributed by atoms with Crippen molar-refractivity contribution in [3.05, 3.63) is 24.3 Å². The van der Waals surface area contributed by atoms with Crippen molar-refractivity contribution in [1.29, 1.82) is 0 Å². The molecule has 1 aromatic heterocycles. The first-order valence-electron chi connectivity index (χ1n) is 4.52. The Morgan fingerprint density at radius 1 is 1.36 bits per heavy atom. The van der Waals surface area contributed by atoms with Gasteiger partial charge in [0.1, 0.15) is 6.33 Å². The summed E-state index contributed by atoms with van der Waals surface area (Å²) in [5, 5.41) is 9.74. The van der Waals surface area contributed by atoms with Crippen LogP contribution < -0.4 is 0 Å². The van der Waals surface area contributed by atoms with Crippen LogP contribution in [-0.4, -0.2) is 34.6 Å². The molecule has 0 bridgehead atoms. The molecule has 0 spiro atoms. The monoisotopic (exact) mass is 196 g/mol. The molecule has 1 aliphatic heterocycles. The van der Waals surface area contributed by atoms with Crippen LogP contribution in [0.5, 0.6) is 0 Å². The van der Waals surface area contributed by atoms with E-state index in [-0.39, 0.29) is 6.29 Å². The van der Waals surface area contributed by atoms with Gasteiger partial charge in [-0.1, -0.05) is 0 Å². The number of ether oxygens (including phenoxy) is 2. The molecule has 1 unspecified atom stereocenters. The molecule has 1 saturated heterocycles. The summed E-state index contributed by atoms with van der Waals surface area (Å²) in [5.74, 6) is 0. The zero-order valence-electron chi connectivity index (χ0n) is 7.67. The highest BCUT2D eigenvalue weighted by atomic mass is 16.7. The van der Waals surface area contributed by atoms with Gasteiger partial charge in [0.15, 0.2) is 6.29 Å². The maximum atomic E-state index is 9.74. The van der Waals surface area contributed by atoms with Gasteiger partial charge in [0, 0.05) is 24.4 Å². The summed E-state index contributed by atoms with van der Waals surface area (Å²) in [6, 6.07) is 0. The molecule has 5 nitrogen and oxygen atoms in total. The fraction of sp³-hybridized carbons (Fsp3) is 0.556. The second kappa shape index (κ2) is 4.45. The third kappa shape index (κ3) is 2.25. The smallest absolute Gasteiger partial charge is 0.160 e. The van der Waals surface area contributed by atoms with Gasteiger partial charge in [-0.15, -0.1) is 0 Å². The van der Waals surface area contributed by atoms with Crippen LogP contribution >= 0.6 is 0 Å². The number of hydrogen-bond donors (Lipinski definition) is 1. The van der Waals surface area contributed by atoms with E-state index >= 15 is 0 Å². The molecule has 1 aromatic rings. The normalized spacial score (nSPS) is 19.8. The highest BCUT2D eigenvalue weighted by Crippen LogP contribution is 2.20. The van der Waals surface area contributed by atoms with Crippen molar-refractivity contribution >= 4 is 0 Å². The Balaban J connectivity index is 1.92. The van der Waals surface area contributed by atoms with Gasteiger partial charge in [0.25, 0.3) is 0 Å². The van der Waals surface area contributed by atoms with Crippen LogP contribution in [0.15, 0.2) is 18.7 Å². The van der Waals surface area contributed by atoms with Crippen LogP contribution in [0, 0.1) is 0 Å². The van der Waals surface area contributed by atoms with Gasteiger partial charge in [-0.25, -0.2) is 9.97 Å². The van der Waals surface area contributed by atoms with E-state index in [9.17, 15) is 5.11 Å². The second-order valence-corrected chi connectivity index (χ2v) is 3.09. The fourth-order valence-electron chi connectivity index (χ4n) is 1.34. The maximum absolute atomic E-state index is 9.74. The number of aromatic nitrogens is 2. The summed E-state index contributed by atoms with van der Waals surface area (Å²) in [7, 11) is 0. The summed E-state index contributed by atoms with van der Waals surface area (Å²) in [6.45, 7) is 1.20. The lowest BCUT2D eigenvalue weighted by Crippen LogP contribution is -2.13. The lowest BCUT2D eigenvalue weighted by Gasteiger charge is -2.13. The minimum atomic E-state index is -0.626. The Kier molecular flexibility index (Phi) is 3.03. The van der Waals surface area contributed by atoms with Gasteiger partial charge >= 0.3 is 0 Å². The topological polar surface area (TPSA) is 64.5 Å². The van der Waals surface area contributed by atoms with Crippen molar-refractivity contribution < 1.29 is 14.6 Å². The zero-order chi connectivity index (χ0) is 9.80. The standard InChI is InChI=1S/C9H12N2O3/c12-8(3-9-13-1-2-14-9)7-4-10-6-11-5-7/h4-6,8-9,12H,1-3H2. The number of rotatable bonds is 3. The minimum absolute atomic E-state index is 0.301. The molecule has 0 radical (unpaired) electrons. The average molecular weight is 196 g/mol. The highest BCUT2D eigenvalue weighted by molar-refractivity contribution is 5.06. The number of nitrogens with zero attached hydrogens (tertiary/aromatic N) is 2. The summed E-state index contributed by atoms with van der Waals surface area (Å²) in [5.41, 5.74) is 0.687. The Hall–Kier alpha value is -1.04. The van der Waals surface area contributed by atoms with Gasteiger partial charge in [-0.05, 0) is 0 Å². The molecule has 1 N–H and O–H groups in total. The van der Waals surface area contributed by atoms with E-state index in [1.165, 1.54) is 6.33 Å². The van der Waals surface area contributed by atoms with E-state index < -0.39 is 6.10 Å². The summed E-state index contributed by atoms with van der Waals surface area (Å²) < 4.78 is 10.4. The van der Waals surface area contributed by atoms with Gasteiger partial charge in [0.05, 0.1) is 19.3 Å². The van der Waals surface area contributed by atoms with Crippen molar-refractivity contribution in [3.63, 3.8) is 0 Å². The SMILES string of the molecule is OC(CC1OCCO1)c1cncnc1. The molecule has 1 aliphatic rings. The van der Waals surface area contributed by atoms with Crippen LogP contribution in [-0.2, 0) is 9.47 Å². The van der Waals surface area contributed by atoms with Crippen molar-refractivity contribution in [2.24, 2.45) is 0 Å². The quantitative estimate of drug-likeness (QED) is 0.751. The number of aliphatic hydroxyl groups is 1.